The van der Waals surface area contributed by atoms with Gasteiger partial charge in [0.1, 0.15) is 5.41 Å². The minimum Gasteiger partial charge on any atom is -0.480 e. The number of hydrogen-bond acceptors (Lipinski definition) is 5. The number of carbonyl (C=O) groups is 2. The third-order valence-electron chi connectivity index (χ3n) is 4.16. The first kappa shape index (κ1) is 21.0. The molecule has 2 atom stereocenters. The smallest absolute Gasteiger partial charge is 0.331 e. The number of para-hydroxylation sites is 1. The van der Waals surface area contributed by atoms with Gasteiger partial charge in [0.05, 0.1) is 10.5 Å². The topological polar surface area (TPSA) is 138 Å². The number of nitro groups is 1. The molecule has 2 rings (SSSR count). The highest BCUT2D eigenvalue weighted by Gasteiger charge is 2.50. The molecule has 0 amide bonds. The molecule has 1 aromatic carbocycles. The van der Waals surface area contributed by atoms with E-state index in [0.717, 1.165) is 6.42 Å². The first-order valence-electron chi connectivity index (χ1n) is 7.94. The van der Waals surface area contributed by atoms with Crippen molar-refractivity contribution in [2.45, 2.75) is 25.7 Å². The van der Waals surface area contributed by atoms with E-state index in [1.54, 1.807) is 0 Å². The summed E-state index contributed by atoms with van der Waals surface area (Å²) < 4.78 is 0. The fourth-order valence-corrected chi connectivity index (χ4v) is 2.77. The lowest BCUT2D eigenvalue weighted by molar-refractivity contribution is -0.386. The average Bonchev–Trinajstić information content (AvgIpc) is 2.61. The van der Waals surface area contributed by atoms with Crippen molar-refractivity contribution in [2.24, 2.45) is 5.92 Å². The normalized spacial score (nSPS) is 21.2. The lowest BCUT2D eigenvalue weighted by Gasteiger charge is -2.34. The van der Waals surface area contributed by atoms with Crippen LogP contribution in [0.15, 0.2) is 48.1 Å². The Morgan fingerprint density at radius 2 is 1.85 bits per heavy atom. The van der Waals surface area contributed by atoms with Gasteiger partial charge in [-0.3, -0.25) is 14.9 Å². The summed E-state index contributed by atoms with van der Waals surface area (Å²) in [6, 6.07) is 5.48. The van der Waals surface area contributed by atoms with Crippen molar-refractivity contribution in [3.63, 3.8) is 0 Å². The molecule has 0 fully saturated rings. The summed E-state index contributed by atoms with van der Waals surface area (Å²) >= 11 is 0. The highest BCUT2D eigenvalue weighted by molar-refractivity contribution is 5.94. The van der Waals surface area contributed by atoms with Gasteiger partial charge in [0, 0.05) is 24.2 Å². The quantitative estimate of drug-likeness (QED) is 0.539. The van der Waals surface area contributed by atoms with Gasteiger partial charge in [-0.2, -0.15) is 0 Å². The van der Waals surface area contributed by atoms with E-state index < -0.39 is 28.2 Å². The number of benzene rings is 1. The van der Waals surface area contributed by atoms with Crippen LogP contribution in [0.25, 0.3) is 0 Å². The summed E-state index contributed by atoms with van der Waals surface area (Å²) in [5.41, 5.74) is -2.30. The van der Waals surface area contributed by atoms with Crippen LogP contribution in [0.5, 0.6) is 0 Å². The molecule has 1 aliphatic carbocycles. The monoisotopic (exact) mass is 363 g/mol. The number of carboxylic acid groups (broad SMARTS) is 2. The Morgan fingerprint density at radius 3 is 2.31 bits per heavy atom. The molecular weight excluding hydrogens is 342 g/mol. The van der Waals surface area contributed by atoms with Crippen molar-refractivity contribution in [3.05, 3.63) is 63.7 Å². The van der Waals surface area contributed by atoms with E-state index >= 15 is 0 Å². The standard InChI is InChI=1S/C15H13NO6.C3H8O/c1-9-10(13(17)18)5-4-8-15(9,14(19)20)11-6-2-3-7-12(11)16(21)22;1-2-3-4/h2-9H,1H3,(H,17,18)(H,19,20);4H,2-3H2,1H3. The van der Waals surface area contributed by atoms with E-state index in [-0.39, 0.29) is 16.8 Å². The van der Waals surface area contributed by atoms with E-state index in [1.165, 1.54) is 49.4 Å². The second-order valence-corrected chi connectivity index (χ2v) is 5.68. The Balaban J connectivity index is 0.000000765. The molecule has 0 heterocycles. The number of aliphatic carboxylic acids is 2. The molecule has 0 aliphatic heterocycles. The number of rotatable bonds is 5. The fraction of sp³-hybridized carbons (Fsp3) is 0.333. The van der Waals surface area contributed by atoms with E-state index in [0.29, 0.717) is 6.61 Å². The minimum absolute atomic E-state index is 0.0388. The summed E-state index contributed by atoms with van der Waals surface area (Å²) in [6.45, 7) is 3.69. The van der Waals surface area contributed by atoms with Crippen LogP contribution in [-0.4, -0.2) is 38.8 Å². The number of allylic oxidation sites excluding steroid dienone is 2. The highest BCUT2D eigenvalue weighted by Crippen LogP contribution is 2.44. The van der Waals surface area contributed by atoms with Gasteiger partial charge in [0.15, 0.2) is 0 Å². The van der Waals surface area contributed by atoms with Crippen molar-refractivity contribution >= 4 is 17.6 Å². The third kappa shape index (κ3) is 3.97. The van der Waals surface area contributed by atoms with Crippen molar-refractivity contribution in [2.75, 3.05) is 6.61 Å². The van der Waals surface area contributed by atoms with Crippen molar-refractivity contribution in [1.29, 1.82) is 0 Å². The minimum atomic E-state index is -1.80. The molecule has 0 saturated heterocycles. The van der Waals surface area contributed by atoms with Gasteiger partial charge in [-0.05, 0) is 6.42 Å². The zero-order chi connectivity index (χ0) is 19.9. The number of aliphatic hydroxyl groups is 1. The van der Waals surface area contributed by atoms with E-state index in [1.807, 2.05) is 6.92 Å². The van der Waals surface area contributed by atoms with Gasteiger partial charge < -0.3 is 15.3 Å². The van der Waals surface area contributed by atoms with Gasteiger partial charge in [-0.25, -0.2) is 4.79 Å². The molecule has 3 N–H and O–H groups in total. The first-order valence-corrected chi connectivity index (χ1v) is 7.94. The summed E-state index contributed by atoms with van der Waals surface area (Å²) in [7, 11) is 0. The third-order valence-corrected chi connectivity index (χ3v) is 4.16. The summed E-state index contributed by atoms with van der Waals surface area (Å²) in [5.74, 6) is -3.55. The van der Waals surface area contributed by atoms with Crippen molar-refractivity contribution in [1.82, 2.24) is 0 Å². The zero-order valence-corrected chi connectivity index (χ0v) is 14.5. The molecule has 0 spiro atoms. The van der Waals surface area contributed by atoms with Crippen LogP contribution in [0, 0.1) is 16.0 Å². The number of hydrogen-bond donors (Lipinski definition) is 3. The predicted octanol–water partition coefficient (Wildman–Crippen LogP) is 2.52. The maximum absolute atomic E-state index is 11.9. The second kappa shape index (κ2) is 8.91. The molecule has 2 unspecified atom stereocenters. The molecule has 8 heteroatoms. The fourth-order valence-electron chi connectivity index (χ4n) is 2.77. The second-order valence-electron chi connectivity index (χ2n) is 5.68. The lowest BCUT2D eigenvalue weighted by atomic mass is 9.65. The maximum Gasteiger partial charge on any atom is 0.331 e. The predicted molar refractivity (Wildman–Crippen MR) is 93.8 cm³/mol. The van der Waals surface area contributed by atoms with Crippen LogP contribution >= 0.6 is 0 Å². The Hall–Kier alpha value is -3.00. The number of nitro benzene ring substituents is 1. The molecule has 0 radical (unpaired) electrons. The van der Waals surface area contributed by atoms with Crippen molar-refractivity contribution in [3.8, 4) is 0 Å². The summed E-state index contributed by atoms with van der Waals surface area (Å²) in [5, 5.41) is 38.0. The number of nitrogens with zero attached hydrogens (tertiary/aromatic N) is 1. The van der Waals surface area contributed by atoms with Crippen LogP contribution in [0.3, 0.4) is 0 Å². The largest absolute Gasteiger partial charge is 0.480 e. The van der Waals surface area contributed by atoms with Crippen molar-refractivity contribution < 1.29 is 29.8 Å². The van der Waals surface area contributed by atoms with Crippen LogP contribution in [0.1, 0.15) is 25.8 Å². The first-order chi connectivity index (χ1) is 12.2. The van der Waals surface area contributed by atoms with Crippen LogP contribution in [0.4, 0.5) is 5.69 Å². The molecular formula is C18H21NO7. The van der Waals surface area contributed by atoms with E-state index in [9.17, 15) is 29.9 Å². The molecule has 0 saturated carbocycles. The van der Waals surface area contributed by atoms with Gasteiger partial charge >= 0.3 is 11.9 Å². The Morgan fingerprint density at radius 1 is 1.27 bits per heavy atom. The number of carboxylic acids is 2. The highest BCUT2D eigenvalue weighted by atomic mass is 16.6. The van der Waals surface area contributed by atoms with E-state index in [4.69, 9.17) is 5.11 Å². The van der Waals surface area contributed by atoms with Crippen LogP contribution < -0.4 is 0 Å². The van der Waals surface area contributed by atoms with Gasteiger partial charge in [0.25, 0.3) is 5.69 Å². The SMILES string of the molecule is CC1C(C(=O)O)=CC=CC1(C(=O)O)c1ccccc1[N+](=O)[O-].CCCO. The zero-order valence-electron chi connectivity index (χ0n) is 14.5. The lowest BCUT2D eigenvalue weighted by Crippen LogP contribution is -2.43. The van der Waals surface area contributed by atoms with Crippen LogP contribution in [0.2, 0.25) is 0 Å². The molecule has 1 aliphatic rings. The Bertz CT molecular complexity index is 752. The van der Waals surface area contributed by atoms with Crippen LogP contribution in [-0.2, 0) is 15.0 Å². The maximum atomic E-state index is 11.9. The summed E-state index contributed by atoms with van der Waals surface area (Å²) in [4.78, 5) is 33.8. The molecule has 0 aromatic heterocycles. The molecule has 140 valence electrons. The van der Waals surface area contributed by atoms with Gasteiger partial charge in [-0.1, -0.05) is 50.3 Å². The van der Waals surface area contributed by atoms with E-state index in [2.05, 4.69) is 0 Å². The average molecular weight is 363 g/mol. The Kier molecular flexibility index (Phi) is 7.21. The molecule has 26 heavy (non-hydrogen) atoms. The molecule has 8 nitrogen and oxygen atoms in total. The number of aliphatic hydroxyl groups excluding tert-OH is 1. The van der Waals surface area contributed by atoms with Gasteiger partial charge in [0.2, 0.25) is 0 Å². The summed E-state index contributed by atoms with van der Waals surface area (Å²) in [6.07, 6.45) is 4.80. The molecule has 1 aromatic rings. The van der Waals surface area contributed by atoms with Gasteiger partial charge in [-0.15, -0.1) is 0 Å². The Labute approximate surface area is 150 Å². The molecule has 0 bridgehead atoms.